The summed E-state index contributed by atoms with van der Waals surface area (Å²) in [6.45, 7) is 7.09. The first kappa shape index (κ1) is 11.2. The molecule has 0 aromatic carbocycles. The fraction of sp³-hybridized carbons (Fsp3) is 0.273. The molecule has 0 N–H and O–H groups in total. The number of rotatable bonds is 2. The molecule has 0 atom stereocenters. The molecule has 15 heavy (non-hydrogen) atoms. The van der Waals surface area contributed by atoms with E-state index in [1.807, 2.05) is 23.5 Å². The van der Waals surface area contributed by atoms with Crippen LogP contribution >= 0.6 is 27.3 Å². The highest BCUT2D eigenvalue weighted by molar-refractivity contribution is 9.10. The molecule has 2 aromatic heterocycles. The summed E-state index contributed by atoms with van der Waals surface area (Å²) < 4.78 is 7.85. The summed E-state index contributed by atoms with van der Waals surface area (Å²) in [5.74, 6) is 0.955. The molecule has 4 heteroatoms. The summed E-state index contributed by atoms with van der Waals surface area (Å²) in [7, 11) is -1.17. The van der Waals surface area contributed by atoms with Crippen LogP contribution in [0.3, 0.4) is 0 Å². The summed E-state index contributed by atoms with van der Waals surface area (Å²) in [6.07, 6.45) is 0. The summed E-state index contributed by atoms with van der Waals surface area (Å²) in [5.41, 5.74) is 0. The van der Waals surface area contributed by atoms with Crippen LogP contribution in [0.4, 0.5) is 0 Å². The van der Waals surface area contributed by atoms with Gasteiger partial charge >= 0.3 is 0 Å². The Bertz CT molecular complexity index is 467. The van der Waals surface area contributed by atoms with Crippen LogP contribution in [0.15, 0.2) is 33.4 Å². The molecule has 0 aliphatic carbocycles. The standard InChI is InChI=1S/C11H13BrOSSi/c1-15(2,3)11-7-5-9(14-11)8-4-6-10(12)13-8/h4-7H,1-3H3. The SMILES string of the molecule is C[Si](C)(C)c1ccc(-c2ccc(Br)o2)s1. The Hall–Kier alpha value is -0.323. The summed E-state index contributed by atoms with van der Waals surface area (Å²) >= 11 is 5.18. The zero-order chi connectivity index (χ0) is 11.1. The highest BCUT2D eigenvalue weighted by Gasteiger charge is 2.19. The first-order valence-corrected chi connectivity index (χ1v) is 9.94. The molecule has 0 spiro atoms. The molecule has 0 fully saturated rings. The number of halogens is 1. The third-order valence-corrected chi connectivity index (χ3v) is 7.29. The minimum Gasteiger partial charge on any atom is -0.449 e. The highest BCUT2D eigenvalue weighted by atomic mass is 79.9. The lowest BCUT2D eigenvalue weighted by atomic mass is 10.4. The van der Waals surface area contributed by atoms with Crippen LogP contribution in [0.25, 0.3) is 10.6 Å². The first-order valence-electron chi connectivity index (χ1n) is 4.83. The van der Waals surface area contributed by atoms with Crippen molar-refractivity contribution in [3.05, 3.63) is 28.9 Å². The summed E-state index contributed by atoms with van der Waals surface area (Å²) in [4.78, 5) is 1.22. The van der Waals surface area contributed by atoms with Gasteiger partial charge in [0.2, 0.25) is 0 Å². The normalized spacial score (nSPS) is 12.0. The molecule has 0 radical (unpaired) electrons. The lowest BCUT2D eigenvalue weighted by Crippen LogP contribution is -2.34. The van der Waals surface area contributed by atoms with E-state index < -0.39 is 8.07 Å². The van der Waals surface area contributed by atoms with E-state index in [9.17, 15) is 0 Å². The van der Waals surface area contributed by atoms with Crippen LogP contribution in [-0.4, -0.2) is 8.07 Å². The van der Waals surface area contributed by atoms with E-state index in [-0.39, 0.29) is 0 Å². The molecule has 1 nitrogen and oxygen atoms in total. The van der Waals surface area contributed by atoms with Crippen LogP contribution < -0.4 is 4.50 Å². The fourth-order valence-electron chi connectivity index (χ4n) is 1.32. The number of furan rings is 1. The molecule has 2 heterocycles. The van der Waals surface area contributed by atoms with Gasteiger partial charge in [0, 0.05) is 0 Å². The van der Waals surface area contributed by atoms with Crippen molar-refractivity contribution < 1.29 is 4.42 Å². The Morgan fingerprint density at radius 2 is 1.87 bits per heavy atom. The van der Waals surface area contributed by atoms with Crippen LogP contribution in [0.1, 0.15) is 0 Å². The Morgan fingerprint density at radius 1 is 1.13 bits per heavy atom. The average molecular weight is 301 g/mol. The first-order chi connectivity index (χ1) is 6.97. The van der Waals surface area contributed by atoms with Crippen molar-refractivity contribution in [2.24, 2.45) is 0 Å². The molecule has 0 saturated carbocycles. The zero-order valence-corrected chi connectivity index (χ0v) is 12.4. The predicted molar refractivity (Wildman–Crippen MR) is 72.7 cm³/mol. The van der Waals surface area contributed by atoms with Gasteiger partial charge in [-0.3, -0.25) is 0 Å². The van der Waals surface area contributed by atoms with E-state index in [0.717, 1.165) is 10.4 Å². The molecule has 0 saturated heterocycles. The molecule has 0 amide bonds. The summed E-state index contributed by atoms with van der Waals surface area (Å²) in [6, 6.07) is 8.33. The number of hydrogen-bond donors (Lipinski definition) is 0. The fourth-order valence-corrected chi connectivity index (χ4v) is 4.48. The van der Waals surface area contributed by atoms with E-state index in [4.69, 9.17) is 4.42 Å². The van der Waals surface area contributed by atoms with Gasteiger partial charge < -0.3 is 4.42 Å². The van der Waals surface area contributed by atoms with Gasteiger partial charge in [-0.2, -0.15) is 0 Å². The van der Waals surface area contributed by atoms with Crippen molar-refractivity contribution in [3.8, 4) is 10.6 Å². The topological polar surface area (TPSA) is 13.1 Å². The van der Waals surface area contributed by atoms with E-state index in [1.165, 1.54) is 9.38 Å². The second-order valence-electron chi connectivity index (χ2n) is 4.52. The third-order valence-electron chi connectivity index (χ3n) is 2.16. The van der Waals surface area contributed by atoms with E-state index in [2.05, 4.69) is 47.7 Å². The van der Waals surface area contributed by atoms with Crippen LogP contribution in [0.2, 0.25) is 19.6 Å². The number of hydrogen-bond acceptors (Lipinski definition) is 2. The molecule has 0 bridgehead atoms. The monoisotopic (exact) mass is 300 g/mol. The maximum absolute atomic E-state index is 5.54. The quantitative estimate of drug-likeness (QED) is 0.753. The second-order valence-corrected chi connectivity index (χ2v) is 11.8. The van der Waals surface area contributed by atoms with E-state index >= 15 is 0 Å². The smallest absolute Gasteiger partial charge is 0.169 e. The van der Waals surface area contributed by atoms with Crippen LogP contribution in [0.5, 0.6) is 0 Å². The minimum absolute atomic E-state index is 0.792. The summed E-state index contributed by atoms with van der Waals surface area (Å²) in [5, 5.41) is 0. The van der Waals surface area contributed by atoms with Crippen molar-refractivity contribution in [1.82, 2.24) is 0 Å². The molecular weight excluding hydrogens is 288 g/mol. The van der Waals surface area contributed by atoms with Crippen molar-refractivity contribution >= 4 is 39.8 Å². The van der Waals surface area contributed by atoms with Crippen molar-refractivity contribution in [3.63, 3.8) is 0 Å². The Kier molecular flexibility index (Phi) is 2.92. The molecule has 2 aromatic rings. The van der Waals surface area contributed by atoms with Gasteiger partial charge in [0.25, 0.3) is 0 Å². The van der Waals surface area contributed by atoms with Gasteiger partial charge in [0.1, 0.15) is 5.76 Å². The predicted octanol–water partition coefficient (Wildman–Crippen LogP) is 4.32. The van der Waals surface area contributed by atoms with Gasteiger partial charge in [-0.1, -0.05) is 25.7 Å². The van der Waals surface area contributed by atoms with E-state index in [0.29, 0.717) is 0 Å². The Morgan fingerprint density at radius 3 is 2.33 bits per heavy atom. The molecule has 2 rings (SSSR count). The van der Waals surface area contributed by atoms with Crippen molar-refractivity contribution in [2.75, 3.05) is 0 Å². The molecule has 0 unspecified atom stereocenters. The molecular formula is C11H13BrOSSi. The van der Waals surface area contributed by atoms with Gasteiger partial charge in [-0.05, 0) is 38.6 Å². The maximum Gasteiger partial charge on any atom is 0.169 e. The van der Waals surface area contributed by atoms with Gasteiger partial charge in [-0.15, -0.1) is 11.3 Å². The zero-order valence-electron chi connectivity index (χ0n) is 9.00. The molecule has 80 valence electrons. The highest BCUT2D eigenvalue weighted by Crippen LogP contribution is 2.28. The van der Waals surface area contributed by atoms with Gasteiger partial charge in [-0.25, -0.2) is 0 Å². The minimum atomic E-state index is -1.17. The van der Waals surface area contributed by atoms with Crippen molar-refractivity contribution in [2.45, 2.75) is 19.6 Å². The Labute approximate surface area is 103 Å². The van der Waals surface area contributed by atoms with Gasteiger partial charge in [0.05, 0.1) is 13.0 Å². The lowest BCUT2D eigenvalue weighted by Gasteiger charge is -2.12. The van der Waals surface area contributed by atoms with E-state index in [1.54, 1.807) is 0 Å². The van der Waals surface area contributed by atoms with Gasteiger partial charge in [0.15, 0.2) is 4.67 Å². The third kappa shape index (κ3) is 2.43. The number of thiophene rings is 1. The molecule has 0 aliphatic heterocycles. The van der Waals surface area contributed by atoms with Crippen LogP contribution in [-0.2, 0) is 0 Å². The average Bonchev–Trinajstić information content (AvgIpc) is 2.69. The second kappa shape index (κ2) is 3.92. The largest absolute Gasteiger partial charge is 0.449 e. The van der Waals surface area contributed by atoms with Crippen LogP contribution in [0, 0.1) is 0 Å². The molecule has 0 aliphatic rings. The lowest BCUT2D eigenvalue weighted by molar-refractivity contribution is 0.557. The van der Waals surface area contributed by atoms with Crippen molar-refractivity contribution in [1.29, 1.82) is 0 Å². The maximum atomic E-state index is 5.54. The Balaban J connectivity index is 2.36.